The summed E-state index contributed by atoms with van der Waals surface area (Å²) >= 11 is 11.9. The minimum Gasteiger partial charge on any atom is -0.320 e. The van der Waals surface area contributed by atoms with Crippen molar-refractivity contribution in [3.8, 4) is 0 Å². The van der Waals surface area contributed by atoms with Crippen molar-refractivity contribution in [2.75, 3.05) is 0 Å². The molecule has 5 heteroatoms. The average Bonchev–Trinajstić information content (AvgIpc) is 2.32. The number of rotatable bonds is 2. The molecule has 0 radical (unpaired) electrons. The summed E-state index contributed by atoms with van der Waals surface area (Å²) in [6, 6.07) is 5.79. The fraction of sp³-hybridized carbons (Fsp3) is 0.0833. The lowest BCUT2D eigenvalue weighted by molar-refractivity contribution is 0.593. The van der Waals surface area contributed by atoms with Crippen molar-refractivity contribution in [1.82, 2.24) is 4.98 Å². The average molecular weight is 271 g/mol. The number of hydrogen-bond donors (Lipinski definition) is 1. The second-order valence-electron chi connectivity index (χ2n) is 3.54. The van der Waals surface area contributed by atoms with Crippen LogP contribution in [-0.4, -0.2) is 4.98 Å². The Kier molecular flexibility index (Phi) is 3.62. The van der Waals surface area contributed by atoms with Crippen LogP contribution in [0.5, 0.6) is 0 Å². The molecule has 0 spiro atoms. The van der Waals surface area contributed by atoms with Gasteiger partial charge in [-0.2, -0.15) is 0 Å². The molecule has 0 aliphatic heterocycles. The predicted octanol–water partition coefficient (Wildman–Crippen LogP) is 3.58. The van der Waals surface area contributed by atoms with Crippen LogP contribution in [0.25, 0.3) is 0 Å². The van der Waals surface area contributed by atoms with Gasteiger partial charge in [-0.1, -0.05) is 23.2 Å². The number of hydrogen-bond acceptors (Lipinski definition) is 2. The standard InChI is InChI=1S/C12H9Cl2FN2/c13-7-1-2-10(14)9(5-7)12(16)8-3-4-17-6-11(8)15/h1-6,12H,16H2. The highest BCUT2D eigenvalue weighted by Crippen LogP contribution is 2.29. The van der Waals surface area contributed by atoms with Crippen LogP contribution in [0, 0.1) is 5.82 Å². The van der Waals surface area contributed by atoms with E-state index in [-0.39, 0.29) is 0 Å². The van der Waals surface area contributed by atoms with Crippen molar-refractivity contribution in [3.63, 3.8) is 0 Å². The van der Waals surface area contributed by atoms with E-state index in [0.717, 1.165) is 6.20 Å². The van der Waals surface area contributed by atoms with Gasteiger partial charge in [0, 0.05) is 21.8 Å². The Morgan fingerprint density at radius 2 is 1.94 bits per heavy atom. The van der Waals surface area contributed by atoms with Gasteiger partial charge in [-0.15, -0.1) is 0 Å². The molecule has 0 aliphatic carbocycles. The van der Waals surface area contributed by atoms with Gasteiger partial charge < -0.3 is 5.73 Å². The largest absolute Gasteiger partial charge is 0.320 e. The second kappa shape index (κ2) is 5.00. The van der Waals surface area contributed by atoms with Crippen molar-refractivity contribution < 1.29 is 4.39 Å². The maximum atomic E-state index is 13.5. The highest BCUT2D eigenvalue weighted by molar-refractivity contribution is 6.33. The van der Waals surface area contributed by atoms with Crippen LogP contribution >= 0.6 is 23.2 Å². The minimum absolute atomic E-state index is 0.337. The zero-order valence-corrected chi connectivity index (χ0v) is 10.2. The van der Waals surface area contributed by atoms with Gasteiger partial charge >= 0.3 is 0 Å². The Hall–Kier alpha value is -1.16. The van der Waals surface area contributed by atoms with E-state index in [1.54, 1.807) is 18.2 Å². The molecule has 2 rings (SSSR count). The summed E-state index contributed by atoms with van der Waals surface area (Å²) in [5.41, 5.74) is 6.90. The van der Waals surface area contributed by atoms with Gasteiger partial charge in [0.15, 0.2) is 0 Å². The Balaban J connectivity index is 2.47. The van der Waals surface area contributed by atoms with E-state index in [9.17, 15) is 4.39 Å². The second-order valence-corrected chi connectivity index (χ2v) is 4.38. The van der Waals surface area contributed by atoms with Crippen LogP contribution in [0.4, 0.5) is 4.39 Å². The lowest BCUT2D eigenvalue weighted by Crippen LogP contribution is -2.14. The van der Waals surface area contributed by atoms with Gasteiger partial charge in [0.25, 0.3) is 0 Å². The molecule has 1 aromatic heterocycles. The smallest absolute Gasteiger partial charge is 0.146 e. The molecule has 17 heavy (non-hydrogen) atoms. The summed E-state index contributed by atoms with van der Waals surface area (Å²) in [5.74, 6) is -0.462. The molecule has 2 nitrogen and oxygen atoms in total. The van der Waals surface area contributed by atoms with E-state index in [1.165, 1.54) is 12.3 Å². The molecule has 1 heterocycles. The van der Waals surface area contributed by atoms with Gasteiger partial charge in [0.2, 0.25) is 0 Å². The lowest BCUT2D eigenvalue weighted by Gasteiger charge is -2.14. The summed E-state index contributed by atoms with van der Waals surface area (Å²) in [7, 11) is 0. The highest BCUT2D eigenvalue weighted by Gasteiger charge is 2.16. The van der Waals surface area contributed by atoms with Crippen LogP contribution < -0.4 is 5.73 Å². The Bertz CT molecular complexity index is 546. The maximum absolute atomic E-state index is 13.5. The Morgan fingerprint density at radius 3 is 2.65 bits per heavy atom. The first-order chi connectivity index (χ1) is 8.09. The van der Waals surface area contributed by atoms with Crippen molar-refractivity contribution in [2.45, 2.75) is 6.04 Å². The van der Waals surface area contributed by atoms with Crippen molar-refractivity contribution in [1.29, 1.82) is 0 Å². The van der Waals surface area contributed by atoms with Crippen LogP contribution in [0.1, 0.15) is 17.2 Å². The van der Waals surface area contributed by atoms with Crippen LogP contribution in [-0.2, 0) is 0 Å². The molecule has 0 amide bonds. The maximum Gasteiger partial charge on any atom is 0.146 e. The molecule has 2 aromatic rings. The summed E-state index contributed by atoms with van der Waals surface area (Å²) in [5, 5.41) is 0.965. The van der Waals surface area contributed by atoms with Gasteiger partial charge in [0.05, 0.1) is 12.2 Å². The van der Waals surface area contributed by atoms with Crippen molar-refractivity contribution in [3.05, 3.63) is 63.6 Å². The monoisotopic (exact) mass is 270 g/mol. The van der Waals surface area contributed by atoms with Crippen molar-refractivity contribution in [2.24, 2.45) is 5.73 Å². The molecule has 1 atom stereocenters. The van der Waals surface area contributed by atoms with Crippen molar-refractivity contribution >= 4 is 23.2 Å². The fourth-order valence-corrected chi connectivity index (χ4v) is 1.97. The molecule has 2 N–H and O–H groups in total. The van der Waals surface area contributed by atoms with Gasteiger partial charge in [-0.3, -0.25) is 4.98 Å². The SMILES string of the molecule is NC(c1ccncc1F)c1cc(Cl)ccc1Cl. The van der Waals surface area contributed by atoms with Gasteiger partial charge in [-0.25, -0.2) is 4.39 Å². The van der Waals surface area contributed by atoms with Gasteiger partial charge in [0.1, 0.15) is 5.82 Å². The molecule has 0 bridgehead atoms. The zero-order valence-electron chi connectivity index (χ0n) is 8.70. The Morgan fingerprint density at radius 1 is 1.18 bits per heavy atom. The molecule has 88 valence electrons. The molecule has 0 saturated carbocycles. The molecule has 1 aromatic carbocycles. The molecular formula is C12H9Cl2FN2. The van der Waals surface area contributed by atoms with E-state index in [2.05, 4.69) is 4.98 Å². The summed E-state index contributed by atoms with van der Waals surface area (Å²) in [4.78, 5) is 3.67. The Labute approximate surface area is 108 Å². The summed E-state index contributed by atoms with van der Waals surface area (Å²) in [6.45, 7) is 0. The first-order valence-electron chi connectivity index (χ1n) is 4.89. The quantitative estimate of drug-likeness (QED) is 0.906. The third kappa shape index (κ3) is 2.57. The predicted molar refractivity (Wildman–Crippen MR) is 66.7 cm³/mol. The molecule has 0 fully saturated rings. The number of nitrogens with zero attached hydrogens (tertiary/aromatic N) is 1. The van der Waals surface area contributed by atoms with Crippen LogP contribution in [0.2, 0.25) is 10.0 Å². The van der Waals surface area contributed by atoms with E-state index in [4.69, 9.17) is 28.9 Å². The number of pyridine rings is 1. The molecule has 1 unspecified atom stereocenters. The molecular weight excluding hydrogens is 262 g/mol. The van der Waals surface area contributed by atoms with Gasteiger partial charge in [-0.05, 0) is 29.8 Å². The number of benzene rings is 1. The topological polar surface area (TPSA) is 38.9 Å². The number of aromatic nitrogens is 1. The zero-order chi connectivity index (χ0) is 12.4. The fourth-order valence-electron chi connectivity index (χ4n) is 1.56. The van der Waals surface area contributed by atoms with Crippen LogP contribution in [0.3, 0.4) is 0 Å². The van der Waals surface area contributed by atoms with E-state index < -0.39 is 11.9 Å². The lowest BCUT2D eigenvalue weighted by atomic mass is 10.0. The first kappa shape index (κ1) is 12.3. The van der Waals surface area contributed by atoms with E-state index >= 15 is 0 Å². The number of halogens is 3. The molecule has 0 saturated heterocycles. The third-order valence-corrected chi connectivity index (χ3v) is 3.01. The first-order valence-corrected chi connectivity index (χ1v) is 5.65. The highest BCUT2D eigenvalue weighted by atomic mass is 35.5. The van der Waals surface area contributed by atoms with E-state index in [1.807, 2.05) is 0 Å². The summed E-state index contributed by atoms with van der Waals surface area (Å²) in [6.07, 6.45) is 2.60. The van der Waals surface area contributed by atoms with Crippen LogP contribution in [0.15, 0.2) is 36.7 Å². The number of nitrogens with two attached hydrogens (primary N) is 1. The summed E-state index contributed by atoms with van der Waals surface area (Å²) < 4.78 is 13.5. The van der Waals surface area contributed by atoms with E-state index in [0.29, 0.717) is 21.2 Å². The normalized spacial score (nSPS) is 12.5. The minimum atomic E-state index is -0.663. The molecule has 0 aliphatic rings. The third-order valence-electron chi connectivity index (χ3n) is 2.43.